The van der Waals surface area contributed by atoms with Crippen LogP contribution in [0.2, 0.25) is 0 Å². The van der Waals surface area contributed by atoms with E-state index in [1.54, 1.807) is 0 Å². The number of anilines is 2. The minimum atomic E-state index is -1.61. The summed E-state index contributed by atoms with van der Waals surface area (Å²) in [7, 11) is 0. The highest BCUT2D eigenvalue weighted by Crippen LogP contribution is 2.21. The minimum Gasteiger partial charge on any atom is -0.347 e. The van der Waals surface area contributed by atoms with Crippen molar-refractivity contribution in [3.8, 4) is 0 Å². The number of rotatable bonds is 5. The van der Waals surface area contributed by atoms with Gasteiger partial charge < -0.3 is 10.6 Å². The molecular formula is C14H11F3N4O. The van der Waals surface area contributed by atoms with Gasteiger partial charge in [0.15, 0.2) is 17.5 Å². The van der Waals surface area contributed by atoms with Gasteiger partial charge in [-0.3, -0.25) is 4.79 Å². The lowest BCUT2D eigenvalue weighted by molar-refractivity contribution is 0.0953. The van der Waals surface area contributed by atoms with E-state index in [0.717, 1.165) is 12.1 Å². The summed E-state index contributed by atoms with van der Waals surface area (Å²) in [5.74, 6) is -4.91. The second kappa shape index (κ2) is 6.70. The van der Waals surface area contributed by atoms with Crippen molar-refractivity contribution in [2.45, 2.75) is 0 Å². The molecule has 1 aromatic carbocycles. The molecular weight excluding hydrogens is 297 g/mol. The summed E-state index contributed by atoms with van der Waals surface area (Å²) in [4.78, 5) is 19.4. The van der Waals surface area contributed by atoms with E-state index in [1.807, 2.05) is 0 Å². The molecule has 0 spiro atoms. The fraction of sp³-hybridized carbons (Fsp3) is 0.0714. The number of nitrogens with zero attached hydrogens (tertiary/aromatic N) is 2. The summed E-state index contributed by atoms with van der Waals surface area (Å²) in [6.07, 6.45) is 2.77. The molecule has 0 bridgehead atoms. The minimum absolute atomic E-state index is 0.0299. The van der Waals surface area contributed by atoms with Gasteiger partial charge in [-0.05, 0) is 18.2 Å². The Kier molecular flexibility index (Phi) is 4.72. The van der Waals surface area contributed by atoms with Gasteiger partial charge in [0, 0.05) is 12.7 Å². The lowest BCUT2D eigenvalue weighted by Crippen LogP contribution is -2.24. The van der Waals surface area contributed by atoms with Crippen molar-refractivity contribution in [3.05, 3.63) is 60.2 Å². The highest BCUT2D eigenvalue weighted by Gasteiger charge is 2.15. The first-order valence-corrected chi connectivity index (χ1v) is 6.15. The Morgan fingerprint density at radius 1 is 1.23 bits per heavy atom. The van der Waals surface area contributed by atoms with Crippen LogP contribution in [0.5, 0.6) is 0 Å². The van der Waals surface area contributed by atoms with Crippen LogP contribution in [0.3, 0.4) is 0 Å². The Bertz CT molecular complexity index is 721. The first-order valence-electron chi connectivity index (χ1n) is 6.15. The summed E-state index contributed by atoms with van der Waals surface area (Å²) in [5.41, 5.74) is -0.315. The molecule has 0 aliphatic rings. The normalized spacial score (nSPS) is 10.1. The maximum atomic E-state index is 13.6. The molecule has 8 heteroatoms. The van der Waals surface area contributed by atoms with E-state index >= 15 is 0 Å². The van der Waals surface area contributed by atoms with Crippen molar-refractivity contribution in [3.63, 3.8) is 0 Å². The number of hydrogen-bond donors (Lipinski definition) is 2. The number of amides is 1. The second-order valence-corrected chi connectivity index (χ2v) is 4.11. The Morgan fingerprint density at radius 3 is 2.73 bits per heavy atom. The van der Waals surface area contributed by atoms with Crippen LogP contribution in [0.4, 0.5) is 24.8 Å². The Labute approximate surface area is 123 Å². The molecule has 22 heavy (non-hydrogen) atoms. The molecule has 0 radical (unpaired) electrons. The van der Waals surface area contributed by atoms with Crippen LogP contribution in [-0.4, -0.2) is 22.4 Å². The first kappa shape index (κ1) is 15.5. The molecule has 2 rings (SSSR count). The van der Waals surface area contributed by atoms with Gasteiger partial charge >= 0.3 is 0 Å². The molecule has 0 atom stereocenters. The molecule has 5 nitrogen and oxygen atoms in total. The molecule has 0 aliphatic carbocycles. The standard InChI is InChI=1S/C14H11F3N4O/c1-2-6-18-13(22)10-5-7-19-14(21-10)20-9-4-3-8(15)11(16)12(9)17/h2-5,7H,1,6H2,(H,18,22)(H,19,20,21). The van der Waals surface area contributed by atoms with E-state index in [4.69, 9.17) is 0 Å². The maximum absolute atomic E-state index is 13.6. The van der Waals surface area contributed by atoms with Crippen LogP contribution in [0.1, 0.15) is 10.5 Å². The van der Waals surface area contributed by atoms with Crippen molar-refractivity contribution in [1.82, 2.24) is 15.3 Å². The number of aromatic nitrogens is 2. The smallest absolute Gasteiger partial charge is 0.270 e. The third-order valence-corrected chi connectivity index (χ3v) is 2.58. The number of nitrogens with one attached hydrogen (secondary N) is 2. The average Bonchev–Trinajstić information content (AvgIpc) is 2.53. The SMILES string of the molecule is C=CCNC(=O)c1ccnc(Nc2ccc(F)c(F)c2F)n1. The number of hydrogen-bond acceptors (Lipinski definition) is 4. The number of benzene rings is 1. The zero-order valence-electron chi connectivity index (χ0n) is 11.2. The van der Waals surface area contributed by atoms with E-state index in [-0.39, 0.29) is 23.9 Å². The van der Waals surface area contributed by atoms with E-state index < -0.39 is 23.4 Å². The summed E-state index contributed by atoms with van der Waals surface area (Å²) in [5, 5.41) is 4.90. The number of halogens is 3. The zero-order chi connectivity index (χ0) is 16.1. The summed E-state index contributed by atoms with van der Waals surface area (Å²) < 4.78 is 39.5. The number of carbonyl (C=O) groups is 1. The third-order valence-electron chi connectivity index (χ3n) is 2.58. The predicted octanol–water partition coefficient (Wildman–Crippen LogP) is 2.55. The maximum Gasteiger partial charge on any atom is 0.270 e. The third kappa shape index (κ3) is 3.40. The van der Waals surface area contributed by atoms with E-state index in [1.165, 1.54) is 18.3 Å². The van der Waals surface area contributed by atoms with Crippen LogP contribution in [0.25, 0.3) is 0 Å². The predicted molar refractivity (Wildman–Crippen MR) is 74.2 cm³/mol. The summed E-state index contributed by atoms with van der Waals surface area (Å²) in [6.45, 7) is 3.71. The van der Waals surface area contributed by atoms with Crippen LogP contribution >= 0.6 is 0 Å². The molecule has 1 amide bonds. The van der Waals surface area contributed by atoms with Crippen molar-refractivity contribution < 1.29 is 18.0 Å². The highest BCUT2D eigenvalue weighted by molar-refractivity contribution is 5.92. The summed E-state index contributed by atoms with van der Waals surface area (Å²) >= 11 is 0. The molecule has 0 fully saturated rings. The topological polar surface area (TPSA) is 66.9 Å². The molecule has 0 aliphatic heterocycles. The quantitative estimate of drug-likeness (QED) is 0.658. The molecule has 2 aromatic rings. The molecule has 0 saturated carbocycles. The van der Waals surface area contributed by atoms with E-state index in [2.05, 4.69) is 27.2 Å². The second-order valence-electron chi connectivity index (χ2n) is 4.11. The molecule has 1 aromatic heterocycles. The zero-order valence-corrected chi connectivity index (χ0v) is 11.2. The molecule has 1 heterocycles. The van der Waals surface area contributed by atoms with Crippen molar-refractivity contribution in [1.29, 1.82) is 0 Å². The van der Waals surface area contributed by atoms with Gasteiger partial charge in [-0.1, -0.05) is 6.08 Å². The highest BCUT2D eigenvalue weighted by atomic mass is 19.2. The average molecular weight is 308 g/mol. The Hall–Kier alpha value is -2.90. The number of carbonyl (C=O) groups excluding carboxylic acids is 1. The van der Waals surface area contributed by atoms with Crippen molar-refractivity contribution in [2.75, 3.05) is 11.9 Å². The molecule has 2 N–H and O–H groups in total. The Morgan fingerprint density at radius 2 is 2.00 bits per heavy atom. The van der Waals surface area contributed by atoms with E-state index in [0.29, 0.717) is 0 Å². The largest absolute Gasteiger partial charge is 0.347 e. The van der Waals surface area contributed by atoms with Gasteiger partial charge in [-0.2, -0.15) is 0 Å². The van der Waals surface area contributed by atoms with Gasteiger partial charge in [-0.15, -0.1) is 6.58 Å². The van der Waals surface area contributed by atoms with Crippen LogP contribution in [0, 0.1) is 17.5 Å². The lowest BCUT2D eigenvalue weighted by atomic mass is 10.3. The van der Waals surface area contributed by atoms with Gasteiger partial charge in [0.1, 0.15) is 5.69 Å². The monoisotopic (exact) mass is 308 g/mol. The van der Waals surface area contributed by atoms with Gasteiger partial charge in [0.05, 0.1) is 5.69 Å². The summed E-state index contributed by atoms with van der Waals surface area (Å²) in [6, 6.07) is 3.12. The lowest BCUT2D eigenvalue weighted by Gasteiger charge is -2.08. The van der Waals surface area contributed by atoms with Crippen LogP contribution in [0.15, 0.2) is 37.1 Å². The fourth-order valence-electron chi connectivity index (χ4n) is 1.54. The van der Waals surface area contributed by atoms with E-state index in [9.17, 15) is 18.0 Å². The van der Waals surface area contributed by atoms with Crippen LogP contribution in [-0.2, 0) is 0 Å². The van der Waals surface area contributed by atoms with Crippen molar-refractivity contribution in [2.24, 2.45) is 0 Å². The first-order chi connectivity index (χ1) is 10.5. The van der Waals surface area contributed by atoms with Crippen LogP contribution < -0.4 is 10.6 Å². The van der Waals surface area contributed by atoms with Crippen molar-refractivity contribution >= 4 is 17.5 Å². The van der Waals surface area contributed by atoms with Gasteiger partial charge in [-0.25, -0.2) is 23.1 Å². The van der Waals surface area contributed by atoms with Gasteiger partial charge in [0.25, 0.3) is 5.91 Å². The fourth-order valence-corrected chi connectivity index (χ4v) is 1.54. The van der Waals surface area contributed by atoms with Gasteiger partial charge in [0.2, 0.25) is 5.95 Å². The Balaban J connectivity index is 2.22. The molecule has 0 saturated heterocycles. The molecule has 0 unspecified atom stereocenters. The molecule has 114 valence electrons.